The van der Waals surface area contributed by atoms with E-state index in [0.29, 0.717) is 5.69 Å². The van der Waals surface area contributed by atoms with Crippen LogP contribution in [0.4, 0.5) is 11.4 Å². The number of hydrogen-bond donors (Lipinski definition) is 2. The van der Waals surface area contributed by atoms with Crippen LogP contribution in [0.1, 0.15) is 6.42 Å². The Hall–Kier alpha value is -1.99. The van der Waals surface area contributed by atoms with Crippen LogP contribution in [0.5, 0.6) is 0 Å². The number of nitro benzene ring substituents is 1. The number of nitrogens with one attached hydrogen (secondary N) is 1. The van der Waals surface area contributed by atoms with Gasteiger partial charge in [-0.1, -0.05) is 6.07 Å². The van der Waals surface area contributed by atoms with Gasteiger partial charge in [0.25, 0.3) is 5.69 Å². The van der Waals surface area contributed by atoms with Gasteiger partial charge in [0.15, 0.2) is 0 Å². The van der Waals surface area contributed by atoms with Crippen molar-refractivity contribution < 1.29 is 14.5 Å². The van der Waals surface area contributed by atoms with Gasteiger partial charge in [0.05, 0.1) is 17.4 Å². The van der Waals surface area contributed by atoms with Crippen molar-refractivity contribution in [1.29, 1.82) is 0 Å². The Bertz CT molecular complexity index is 432. The summed E-state index contributed by atoms with van der Waals surface area (Å²) in [6, 6.07) is 5.73. The zero-order valence-corrected chi connectivity index (χ0v) is 9.96. The molecule has 0 bridgehead atoms. The van der Waals surface area contributed by atoms with E-state index < -0.39 is 4.92 Å². The smallest absolute Gasteiger partial charge is 0.271 e. The van der Waals surface area contributed by atoms with Crippen molar-refractivity contribution in [2.75, 3.05) is 19.0 Å². The number of non-ortho nitro benzene ring substituents is 1. The topological polar surface area (TPSA) is 107 Å². The molecule has 0 aliphatic rings. The molecule has 1 atom stereocenters. The maximum absolute atomic E-state index is 11.6. The summed E-state index contributed by atoms with van der Waals surface area (Å²) in [7, 11) is 1.47. The van der Waals surface area contributed by atoms with Crippen LogP contribution in [0, 0.1) is 10.1 Å². The Morgan fingerprint density at radius 1 is 1.61 bits per heavy atom. The van der Waals surface area contributed by atoms with E-state index in [4.69, 9.17) is 10.5 Å². The van der Waals surface area contributed by atoms with Gasteiger partial charge in [0.1, 0.15) is 0 Å². The fourth-order valence-electron chi connectivity index (χ4n) is 1.38. The van der Waals surface area contributed by atoms with Crippen LogP contribution >= 0.6 is 0 Å². The average Bonchev–Trinajstić information content (AvgIpc) is 2.36. The van der Waals surface area contributed by atoms with Crippen LogP contribution in [0.15, 0.2) is 24.3 Å². The van der Waals surface area contributed by atoms with E-state index in [1.54, 1.807) is 6.07 Å². The quantitative estimate of drug-likeness (QED) is 0.578. The molecule has 1 unspecified atom stereocenters. The predicted octanol–water partition coefficient (Wildman–Crippen LogP) is 0.897. The lowest BCUT2D eigenvalue weighted by Gasteiger charge is -2.12. The number of amides is 1. The minimum Gasteiger partial charge on any atom is -0.380 e. The van der Waals surface area contributed by atoms with E-state index in [-0.39, 0.29) is 30.7 Å². The summed E-state index contributed by atoms with van der Waals surface area (Å²) in [4.78, 5) is 21.7. The van der Waals surface area contributed by atoms with Crippen molar-refractivity contribution in [1.82, 2.24) is 0 Å². The Labute approximate surface area is 104 Å². The van der Waals surface area contributed by atoms with Crippen LogP contribution in [-0.4, -0.2) is 30.6 Å². The summed E-state index contributed by atoms with van der Waals surface area (Å²) < 4.78 is 4.98. The maximum Gasteiger partial charge on any atom is 0.271 e. The first-order valence-corrected chi connectivity index (χ1v) is 5.34. The molecule has 1 aromatic carbocycles. The first-order valence-electron chi connectivity index (χ1n) is 5.34. The number of nitrogens with two attached hydrogens (primary N) is 1. The van der Waals surface area contributed by atoms with Crippen molar-refractivity contribution in [3.63, 3.8) is 0 Å². The van der Waals surface area contributed by atoms with Gasteiger partial charge in [0, 0.05) is 31.5 Å². The van der Waals surface area contributed by atoms with Crippen LogP contribution in [0.3, 0.4) is 0 Å². The number of methoxy groups -OCH3 is 1. The molecule has 1 amide bonds. The van der Waals surface area contributed by atoms with Crippen molar-refractivity contribution in [3.8, 4) is 0 Å². The first kappa shape index (κ1) is 14.1. The molecule has 1 aromatic rings. The Balaban J connectivity index is 2.64. The second-order valence-corrected chi connectivity index (χ2v) is 3.65. The zero-order valence-electron chi connectivity index (χ0n) is 9.96. The largest absolute Gasteiger partial charge is 0.380 e. The highest BCUT2D eigenvalue weighted by atomic mass is 16.6. The summed E-state index contributed by atoms with van der Waals surface area (Å²) in [5.41, 5.74) is 5.70. The van der Waals surface area contributed by atoms with Crippen molar-refractivity contribution in [2.45, 2.75) is 12.5 Å². The maximum atomic E-state index is 11.6. The fraction of sp³-hybridized carbons (Fsp3) is 0.364. The Kier molecular flexibility index (Phi) is 5.22. The highest BCUT2D eigenvalue weighted by Gasteiger charge is 2.12. The summed E-state index contributed by atoms with van der Waals surface area (Å²) in [6.07, 6.45) is -0.251. The average molecular weight is 253 g/mol. The SMILES string of the molecule is COC(CN)CC(=O)Nc1cccc([N+](=O)[O-])c1. The van der Waals surface area contributed by atoms with Crippen molar-refractivity contribution >= 4 is 17.3 Å². The van der Waals surface area contributed by atoms with Gasteiger partial charge < -0.3 is 15.8 Å². The lowest BCUT2D eigenvalue weighted by atomic mass is 10.2. The number of carbonyl (C=O) groups is 1. The number of ether oxygens (including phenoxy) is 1. The van der Waals surface area contributed by atoms with E-state index >= 15 is 0 Å². The van der Waals surface area contributed by atoms with E-state index in [2.05, 4.69) is 5.32 Å². The van der Waals surface area contributed by atoms with Crippen molar-refractivity contribution in [3.05, 3.63) is 34.4 Å². The summed E-state index contributed by atoms with van der Waals surface area (Å²) >= 11 is 0. The number of carbonyl (C=O) groups excluding carboxylic acids is 1. The molecular weight excluding hydrogens is 238 g/mol. The molecule has 7 heteroatoms. The van der Waals surface area contributed by atoms with E-state index in [0.717, 1.165) is 0 Å². The first-order chi connectivity index (χ1) is 8.56. The normalized spacial score (nSPS) is 11.9. The fourth-order valence-corrected chi connectivity index (χ4v) is 1.38. The van der Waals surface area contributed by atoms with Gasteiger partial charge >= 0.3 is 0 Å². The van der Waals surface area contributed by atoms with E-state index in [1.807, 2.05) is 0 Å². The molecule has 0 radical (unpaired) electrons. The van der Waals surface area contributed by atoms with Gasteiger partial charge in [-0.15, -0.1) is 0 Å². The highest BCUT2D eigenvalue weighted by Crippen LogP contribution is 2.17. The lowest BCUT2D eigenvalue weighted by molar-refractivity contribution is -0.384. The third-order valence-corrected chi connectivity index (χ3v) is 2.35. The molecule has 0 saturated carbocycles. The molecule has 0 fully saturated rings. The Morgan fingerprint density at radius 3 is 2.89 bits per heavy atom. The molecule has 1 rings (SSSR count). The molecule has 0 spiro atoms. The molecule has 0 aromatic heterocycles. The van der Waals surface area contributed by atoms with Gasteiger partial charge in [-0.2, -0.15) is 0 Å². The van der Waals surface area contributed by atoms with Crippen LogP contribution in [0.25, 0.3) is 0 Å². The van der Waals surface area contributed by atoms with Gasteiger partial charge in [-0.3, -0.25) is 14.9 Å². The molecule has 0 aliphatic heterocycles. The predicted molar refractivity (Wildman–Crippen MR) is 66.2 cm³/mol. The number of hydrogen-bond acceptors (Lipinski definition) is 5. The minimum absolute atomic E-state index is 0.0742. The number of anilines is 1. The molecule has 0 aliphatic carbocycles. The van der Waals surface area contributed by atoms with Gasteiger partial charge in [-0.05, 0) is 6.07 Å². The monoisotopic (exact) mass is 253 g/mol. The van der Waals surface area contributed by atoms with Gasteiger partial charge in [-0.25, -0.2) is 0 Å². The highest BCUT2D eigenvalue weighted by molar-refractivity contribution is 5.91. The molecule has 0 saturated heterocycles. The number of nitro groups is 1. The second-order valence-electron chi connectivity index (χ2n) is 3.65. The molecule has 3 N–H and O–H groups in total. The number of benzene rings is 1. The standard InChI is InChI=1S/C11H15N3O4/c1-18-10(7-12)6-11(15)13-8-3-2-4-9(5-8)14(16)17/h2-5,10H,6-7,12H2,1H3,(H,13,15). The third-order valence-electron chi connectivity index (χ3n) is 2.35. The lowest BCUT2D eigenvalue weighted by Crippen LogP contribution is -2.28. The summed E-state index contributed by atoms with van der Waals surface area (Å²) in [6.45, 7) is 0.235. The van der Waals surface area contributed by atoms with Crippen LogP contribution in [-0.2, 0) is 9.53 Å². The second kappa shape index (κ2) is 6.67. The van der Waals surface area contributed by atoms with Crippen molar-refractivity contribution in [2.24, 2.45) is 5.73 Å². The summed E-state index contributed by atoms with van der Waals surface area (Å²) in [5, 5.41) is 13.1. The molecule has 7 nitrogen and oxygen atoms in total. The molecular formula is C11H15N3O4. The number of nitrogens with zero attached hydrogens (tertiary/aromatic N) is 1. The molecule has 0 heterocycles. The minimum atomic E-state index is -0.520. The Morgan fingerprint density at radius 2 is 2.33 bits per heavy atom. The van der Waals surface area contributed by atoms with Crippen LogP contribution < -0.4 is 11.1 Å². The molecule has 18 heavy (non-hydrogen) atoms. The number of rotatable bonds is 6. The van der Waals surface area contributed by atoms with Crippen LogP contribution in [0.2, 0.25) is 0 Å². The molecule has 98 valence electrons. The van der Waals surface area contributed by atoms with E-state index in [1.165, 1.54) is 25.3 Å². The third kappa shape index (κ3) is 4.11. The zero-order chi connectivity index (χ0) is 13.5. The van der Waals surface area contributed by atoms with E-state index in [9.17, 15) is 14.9 Å². The van der Waals surface area contributed by atoms with Gasteiger partial charge in [0.2, 0.25) is 5.91 Å². The summed E-state index contributed by atoms with van der Waals surface area (Å²) in [5.74, 6) is -0.298.